The smallest absolute Gasteiger partial charge is 0.150 e. The van der Waals surface area contributed by atoms with Crippen LogP contribution in [-0.4, -0.2) is 0 Å². The normalized spacial score (nSPS) is 11.5. The second-order valence-electron chi connectivity index (χ2n) is 3.61. The number of furan rings is 1. The van der Waals surface area contributed by atoms with Crippen LogP contribution in [0.2, 0.25) is 0 Å². The van der Waals surface area contributed by atoms with Crippen molar-refractivity contribution in [3.63, 3.8) is 0 Å². The van der Waals surface area contributed by atoms with Gasteiger partial charge in [-0.3, -0.25) is 0 Å². The van der Waals surface area contributed by atoms with Crippen molar-refractivity contribution < 1.29 is 4.42 Å². The van der Waals surface area contributed by atoms with Gasteiger partial charge < -0.3 is 4.42 Å². The highest BCUT2D eigenvalue weighted by molar-refractivity contribution is 9.14. The number of rotatable bonds is 0. The molecule has 2 aromatic carbocycles. The largest absolute Gasteiger partial charge is 0.455 e. The molecule has 0 radical (unpaired) electrons. The van der Waals surface area contributed by atoms with E-state index >= 15 is 0 Å². The van der Waals surface area contributed by atoms with Crippen LogP contribution in [0.25, 0.3) is 21.9 Å². The first-order chi connectivity index (χ1) is 8.08. The van der Waals surface area contributed by atoms with E-state index in [0.29, 0.717) is 0 Å². The van der Waals surface area contributed by atoms with Crippen LogP contribution in [-0.2, 0) is 0 Å². The van der Waals surface area contributed by atoms with Gasteiger partial charge in [0.1, 0.15) is 5.58 Å². The minimum atomic E-state index is 0.855. The van der Waals surface area contributed by atoms with Crippen LogP contribution in [0.15, 0.2) is 46.6 Å². The minimum absolute atomic E-state index is 0.855. The average Bonchev–Trinajstić information content (AvgIpc) is 2.65. The lowest BCUT2D eigenvalue weighted by Gasteiger charge is -2.00. The average molecular weight is 484 g/mol. The van der Waals surface area contributed by atoms with Gasteiger partial charge in [-0.05, 0) is 72.1 Å². The van der Waals surface area contributed by atoms with Gasteiger partial charge in [-0.2, -0.15) is 0 Å². The zero-order valence-electron chi connectivity index (χ0n) is 8.23. The fourth-order valence-electron chi connectivity index (χ4n) is 1.79. The first-order valence-electron chi connectivity index (χ1n) is 4.73. The maximum atomic E-state index is 5.86. The first kappa shape index (κ1) is 12.2. The molecule has 0 spiro atoms. The van der Waals surface area contributed by atoms with Gasteiger partial charge in [-0.15, -0.1) is 0 Å². The molecule has 3 aromatic rings. The standard InChI is InChI=1S/C12H4Br4O/c13-5-1-2-9-6(3-5)7-4-8(14)10(15)11(16)12(7)17-9/h1-4H. The summed E-state index contributed by atoms with van der Waals surface area (Å²) < 4.78 is 9.79. The highest BCUT2D eigenvalue weighted by Crippen LogP contribution is 2.42. The zero-order valence-corrected chi connectivity index (χ0v) is 14.6. The van der Waals surface area contributed by atoms with Gasteiger partial charge in [0.2, 0.25) is 0 Å². The Morgan fingerprint density at radius 1 is 0.824 bits per heavy atom. The van der Waals surface area contributed by atoms with Crippen LogP contribution in [0.3, 0.4) is 0 Å². The molecular weight excluding hydrogens is 480 g/mol. The predicted molar refractivity (Wildman–Crippen MR) is 84.5 cm³/mol. The molecule has 1 nitrogen and oxygen atoms in total. The summed E-state index contributed by atoms with van der Waals surface area (Å²) in [5.41, 5.74) is 1.74. The van der Waals surface area contributed by atoms with E-state index in [-0.39, 0.29) is 0 Å². The lowest BCUT2D eigenvalue weighted by molar-refractivity contribution is 0.666. The molecule has 0 aliphatic carbocycles. The molecule has 0 atom stereocenters. The molecule has 0 aliphatic rings. The van der Waals surface area contributed by atoms with E-state index in [9.17, 15) is 0 Å². The Labute approximate surface area is 131 Å². The van der Waals surface area contributed by atoms with Crippen LogP contribution in [0, 0.1) is 0 Å². The van der Waals surface area contributed by atoms with Gasteiger partial charge in [0.05, 0.1) is 4.47 Å². The SMILES string of the molecule is Brc1ccc2oc3c(Br)c(Br)c(Br)cc3c2c1. The van der Waals surface area contributed by atoms with Gasteiger partial charge in [-0.25, -0.2) is 0 Å². The van der Waals surface area contributed by atoms with Crippen LogP contribution in [0.5, 0.6) is 0 Å². The van der Waals surface area contributed by atoms with E-state index in [1.165, 1.54) is 0 Å². The lowest BCUT2D eigenvalue weighted by atomic mass is 10.1. The molecule has 0 fully saturated rings. The van der Waals surface area contributed by atoms with Crippen molar-refractivity contribution in [1.82, 2.24) is 0 Å². The lowest BCUT2D eigenvalue weighted by Crippen LogP contribution is -1.74. The zero-order chi connectivity index (χ0) is 12.2. The van der Waals surface area contributed by atoms with Crippen molar-refractivity contribution in [2.75, 3.05) is 0 Å². The Hall–Kier alpha value is 0.160. The molecule has 86 valence electrons. The predicted octanol–water partition coefficient (Wildman–Crippen LogP) is 6.64. The molecule has 0 aliphatic heterocycles. The van der Waals surface area contributed by atoms with Gasteiger partial charge in [-0.1, -0.05) is 15.9 Å². The summed E-state index contributed by atoms with van der Waals surface area (Å²) in [6.45, 7) is 0. The molecular formula is C12H4Br4O. The van der Waals surface area contributed by atoms with E-state index in [1.54, 1.807) is 0 Å². The number of fused-ring (bicyclic) bond motifs is 3. The summed E-state index contributed by atoms with van der Waals surface area (Å²) in [7, 11) is 0. The molecule has 1 aromatic heterocycles. The summed E-state index contributed by atoms with van der Waals surface area (Å²) in [6, 6.07) is 8.06. The summed E-state index contributed by atoms with van der Waals surface area (Å²) >= 11 is 14.1. The second kappa shape index (κ2) is 4.37. The van der Waals surface area contributed by atoms with Crippen molar-refractivity contribution in [2.24, 2.45) is 0 Å². The van der Waals surface area contributed by atoms with Crippen molar-refractivity contribution >= 4 is 85.7 Å². The minimum Gasteiger partial charge on any atom is -0.455 e. The van der Waals surface area contributed by atoms with Gasteiger partial charge in [0, 0.05) is 24.2 Å². The Kier molecular flexibility index (Phi) is 3.14. The third-order valence-electron chi connectivity index (χ3n) is 2.56. The third kappa shape index (κ3) is 1.91. The summed E-state index contributed by atoms with van der Waals surface area (Å²) in [5, 5.41) is 2.19. The molecule has 0 saturated carbocycles. The Balaban J connectivity index is 2.57. The quantitative estimate of drug-likeness (QED) is 0.327. The highest BCUT2D eigenvalue weighted by Gasteiger charge is 2.14. The van der Waals surface area contributed by atoms with Crippen LogP contribution in [0.1, 0.15) is 0 Å². The summed E-state index contributed by atoms with van der Waals surface area (Å²) in [6.07, 6.45) is 0. The van der Waals surface area contributed by atoms with Crippen molar-refractivity contribution in [3.05, 3.63) is 42.2 Å². The molecule has 5 heteroatoms. The maximum Gasteiger partial charge on any atom is 0.150 e. The summed E-state index contributed by atoms with van der Waals surface area (Å²) in [5.74, 6) is 0. The Morgan fingerprint density at radius 3 is 2.35 bits per heavy atom. The monoisotopic (exact) mass is 480 g/mol. The van der Waals surface area contributed by atoms with E-state index in [0.717, 1.165) is 39.8 Å². The van der Waals surface area contributed by atoms with Gasteiger partial charge in [0.25, 0.3) is 0 Å². The number of benzene rings is 2. The first-order valence-corrected chi connectivity index (χ1v) is 7.90. The number of hydrogen-bond donors (Lipinski definition) is 0. The van der Waals surface area contributed by atoms with Gasteiger partial charge in [0.15, 0.2) is 5.58 Å². The number of halogens is 4. The molecule has 0 unspecified atom stereocenters. The summed E-state index contributed by atoms with van der Waals surface area (Å²) in [4.78, 5) is 0. The highest BCUT2D eigenvalue weighted by atomic mass is 79.9. The molecule has 0 saturated heterocycles. The molecule has 1 heterocycles. The Morgan fingerprint density at radius 2 is 1.59 bits per heavy atom. The number of hydrogen-bond acceptors (Lipinski definition) is 1. The molecule has 0 N–H and O–H groups in total. The van der Waals surface area contributed by atoms with Gasteiger partial charge >= 0.3 is 0 Å². The molecule has 0 amide bonds. The molecule has 17 heavy (non-hydrogen) atoms. The second-order valence-corrected chi connectivity index (χ2v) is 6.96. The van der Waals surface area contributed by atoms with Crippen LogP contribution < -0.4 is 0 Å². The van der Waals surface area contributed by atoms with Crippen molar-refractivity contribution in [2.45, 2.75) is 0 Å². The van der Waals surface area contributed by atoms with Crippen molar-refractivity contribution in [3.8, 4) is 0 Å². The molecule has 3 rings (SSSR count). The van der Waals surface area contributed by atoms with E-state index in [2.05, 4.69) is 75.9 Å². The van der Waals surface area contributed by atoms with E-state index < -0.39 is 0 Å². The van der Waals surface area contributed by atoms with E-state index in [4.69, 9.17) is 4.42 Å². The van der Waals surface area contributed by atoms with Crippen LogP contribution in [0.4, 0.5) is 0 Å². The maximum absolute atomic E-state index is 5.86. The Bertz CT molecular complexity index is 745. The third-order valence-corrected chi connectivity index (χ3v) is 6.32. The fourth-order valence-corrected chi connectivity index (χ4v) is 3.65. The van der Waals surface area contributed by atoms with Crippen molar-refractivity contribution in [1.29, 1.82) is 0 Å². The van der Waals surface area contributed by atoms with E-state index in [1.807, 2.05) is 12.1 Å². The molecule has 0 bridgehead atoms. The van der Waals surface area contributed by atoms with Crippen LogP contribution >= 0.6 is 63.7 Å². The topological polar surface area (TPSA) is 13.1 Å². The fraction of sp³-hybridized carbons (Fsp3) is 0.